The average Bonchev–Trinajstić information content (AvgIpc) is 3.09. The van der Waals surface area contributed by atoms with E-state index in [1.165, 1.54) is 4.68 Å². The van der Waals surface area contributed by atoms with Gasteiger partial charge in [0.15, 0.2) is 0 Å². The quantitative estimate of drug-likeness (QED) is 0.649. The third-order valence-corrected chi connectivity index (χ3v) is 4.14. The molecule has 0 aliphatic rings. The maximum Gasteiger partial charge on any atom is 0.242 e. The SMILES string of the molecule is COc1cccc(Cl)c1CNC(=O)Cn1cc(-c2cccc(N)c2)nn1. The molecule has 0 saturated carbocycles. The van der Waals surface area contributed by atoms with E-state index >= 15 is 0 Å². The maximum atomic E-state index is 12.2. The second-order valence-electron chi connectivity index (χ2n) is 5.62. The van der Waals surface area contributed by atoms with E-state index in [2.05, 4.69) is 15.6 Å². The van der Waals surface area contributed by atoms with E-state index in [-0.39, 0.29) is 19.0 Å². The van der Waals surface area contributed by atoms with Gasteiger partial charge in [-0.3, -0.25) is 4.79 Å². The van der Waals surface area contributed by atoms with Crippen molar-refractivity contribution in [2.45, 2.75) is 13.1 Å². The van der Waals surface area contributed by atoms with Crippen LogP contribution in [-0.2, 0) is 17.9 Å². The number of nitrogens with one attached hydrogen (secondary N) is 1. The minimum atomic E-state index is -0.212. The van der Waals surface area contributed by atoms with E-state index in [1.807, 2.05) is 12.1 Å². The highest BCUT2D eigenvalue weighted by Crippen LogP contribution is 2.25. The highest BCUT2D eigenvalue weighted by atomic mass is 35.5. The van der Waals surface area contributed by atoms with E-state index in [0.29, 0.717) is 22.2 Å². The number of aromatic nitrogens is 3. The van der Waals surface area contributed by atoms with Gasteiger partial charge in [0.25, 0.3) is 0 Å². The number of anilines is 1. The van der Waals surface area contributed by atoms with E-state index < -0.39 is 0 Å². The molecule has 0 radical (unpaired) electrons. The molecule has 0 aliphatic heterocycles. The van der Waals surface area contributed by atoms with Gasteiger partial charge in [-0.25, -0.2) is 4.68 Å². The molecule has 26 heavy (non-hydrogen) atoms. The molecule has 0 spiro atoms. The first-order valence-electron chi connectivity index (χ1n) is 7.91. The Morgan fingerprint density at radius 2 is 2.12 bits per heavy atom. The number of nitrogen functional groups attached to an aromatic ring is 1. The first-order valence-corrected chi connectivity index (χ1v) is 8.28. The summed E-state index contributed by atoms with van der Waals surface area (Å²) >= 11 is 6.17. The Kier molecular flexibility index (Phi) is 5.38. The second kappa shape index (κ2) is 7.88. The van der Waals surface area contributed by atoms with Crippen LogP contribution >= 0.6 is 11.6 Å². The van der Waals surface area contributed by atoms with Gasteiger partial charge in [-0.2, -0.15) is 0 Å². The number of carbonyl (C=O) groups is 1. The summed E-state index contributed by atoms with van der Waals surface area (Å²) in [6, 6.07) is 12.7. The van der Waals surface area contributed by atoms with Crippen LogP contribution in [0.3, 0.4) is 0 Å². The van der Waals surface area contributed by atoms with Gasteiger partial charge >= 0.3 is 0 Å². The Balaban J connectivity index is 1.63. The van der Waals surface area contributed by atoms with Crippen LogP contribution < -0.4 is 15.8 Å². The van der Waals surface area contributed by atoms with Crippen molar-refractivity contribution in [3.63, 3.8) is 0 Å². The van der Waals surface area contributed by atoms with Crippen LogP contribution in [0.1, 0.15) is 5.56 Å². The summed E-state index contributed by atoms with van der Waals surface area (Å²) in [5, 5.41) is 11.4. The Morgan fingerprint density at radius 1 is 1.31 bits per heavy atom. The van der Waals surface area contributed by atoms with Crippen LogP contribution in [0.25, 0.3) is 11.3 Å². The molecule has 0 fully saturated rings. The number of halogens is 1. The van der Waals surface area contributed by atoms with Gasteiger partial charge in [0.05, 0.1) is 13.3 Å². The third-order valence-electron chi connectivity index (χ3n) is 3.78. The van der Waals surface area contributed by atoms with Crippen molar-refractivity contribution < 1.29 is 9.53 Å². The lowest BCUT2D eigenvalue weighted by Crippen LogP contribution is -2.27. The highest BCUT2D eigenvalue weighted by molar-refractivity contribution is 6.31. The van der Waals surface area contributed by atoms with E-state index in [0.717, 1.165) is 11.1 Å². The summed E-state index contributed by atoms with van der Waals surface area (Å²) in [5.41, 5.74) is 8.64. The summed E-state index contributed by atoms with van der Waals surface area (Å²) in [7, 11) is 1.56. The van der Waals surface area contributed by atoms with Gasteiger partial charge in [-0.05, 0) is 24.3 Å². The molecule has 7 nitrogen and oxygen atoms in total. The Labute approximate surface area is 155 Å². The Bertz CT molecular complexity index is 925. The van der Waals surface area contributed by atoms with E-state index in [9.17, 15) is 4.79 Å². The molecule has 0 saturated heterocycles. The molecule has 1 amide bonds. The lowest BCUT2D eigenvalue weighted by atomic mass is 10.1. The summed E-state index contributed by atoms with van der Waals surface area (Å²) < 4.78 is 6.74. The van der Waals surface area contributed by atoms with Gasteiger partial charge < -0.3 is 15.8 Å². The molecule has 2 aromatic carbocycles. The zero-order valence-electron chi connectivity index (χ0n) is 14.1. The fourth-order valence-electron chi connectivity index (χ4n) is 2.50. The number of hydrogen-bond acceptors (Lipinski definition) is 5. The van der Waals surface area contributed by atoms with Crippen LogP contribution in [0.4, 0.5) is 5.69 Å². The van der Waals surface area contributed by atoms with Crippen LogP contribution in [0.15, 0.2) is 48.7 Å². The van der Waals surface area contributed by atoms with Gasteiger partial charge in [-0.1, -0.05) is 35.0 Å². The van der Waals surface area contributed by atoms with Gasteiger partial charge in [0, 0.05) is 28.4 Å². The summed E-state index contributed by atoms with van der Waals surface area (Å²) in [6.07, 6.45) is 1.70. The molecule has 0 unspecified atom stereocenters. The number of hydrogen-bond donors (Lipinski definition) is 2. The van der Waals surface area contributed by atoms with E-state index in [4.69, 9.17) is 22.1 Å². The molecule has 0 aliphatic carbocycles. The molecule has 0 atom stereocenters. The van der Waals surface area contributed by atoms with Crippen LogP contribution in [0.2, 0.25) is 5.02 Å². The number of benzene rings is 2. The van der Waals surface area contributed by atoms with E-state index in [1.54, 1.807) is 43.6 Å². The average molecular weight is 372 g/mol. The predicted octanol–water partition coefficient (Wildman–Crippen LogP) is 2.51. The zero-order valence-corrected chi connectivity index (χ0v) is 14.9. The summed E-state index contributed by atoms with van der Waals surface area (Å²) in [5.74, 6) is 0.415. The first kappa shape index (κ1) is 17.8. The second-order valence-corrected chi connectivity index (χ2v) is 6.03. The molecule has 1 aromatic heterocycles. The normalized spacial score (nSPS) is 10.5. The van der Waals surface area contributed by atoms with Crippen molar-refractivity contribution >= 4 is 23.2 Å². The smallest absolute Gasteiger partial charge is 0.242 e. The lowest BCUT2D eigenvalue weighted by Gasteiger charge is -2.11. The van der Waals surface area contributed by atoms with Crippen molar-refractivity contribution in [2.24, 2.45) is 0 Å². The molecular weight excluding hydrogens is 354 g/mol. The molecule has 3 rings (SSSR count). The van der Waals surface area contributed by atoms with Gasteiger partial charge in [-0.15, -0.1) is 5.10 Å². The zero-order chi connectivity index (χ0) is 18.5. The van der Waals surface area contributed by atoms with Crippen molar-refractivity contribution in [1.82, 2.24) is 20.3 Å². The number of nitrogens with zero attached hydrogens (tertiary/aromatic N) is 3. The van der Waals surface area contributed by atoms with Crippen molar-refractivity contribution in [2.75, 3.05) is 12.8 Å². The highest BCUT2D eigenvalue weighted by Gasteiger charge is 2.11. The molecule has 3 aromatic rings. The van der Waals surface area contributed by atoms with Crippen LogP contribution in [0, 0.1) is 0 Å². The minimum absolute atomic E-state index is 0.0437. The maximum absolute atomic E-state index is 12.2. The fraction of sp³-hybridized carbons (Fsp3) is 0.167. The van der Waals surface area contributed by atoms with Crippen molar-refractivity contribution in [1.29, 1.82) is 0 Å². The topological polar surface area (TPSA) is 95.1 Å². The monoisotopic (exact) mass is 371 g/mol. The number of amides is 1. The minimum Gasteiger partial charge on any atom is -0.496 e. The summed E-state index contributed by atoms with van der Waals surface area (Å²) in [4.78, 5) is 12.2. The Morgan fingerprint density at radius 3 is 2.88 bits per heavy atom. The van der Waals surface area contributed by atoms with Gasteiger partial charge in [0.2, 0.25) is 5.91 Å². The molecule has 1 heterocycles. The number of rotatable bonds is 6. The number of ether oxygens (including phenoxy) is 1. The molecule has 134 valence electrons. The van der Waals surface area contributed by atoms with Crippen LogP contribution in [-0.4, -0.2) is 28.0 Å². The summed E-state index contributed by atoms with van der Waals surface area (Å²) in [6.45, 7) is 0.306. The van der Waals surface area contributed by atoms with Crippen LogP contribution in [0.5, 0.6) is 5.75 Å². The van der Waals surface area contributed by atoms with Gasteiger partial charge in [0.1, 0.15) is 18.0 Å². The molecular formula is C18H18ClN5O2. The molecule has 8 heteroatoms. The standard InChI is InChI=1S/C18H18ClN5O2/c1-26-17-7-3-6-15(19)14(17)9-21-18(25)11-24-10-16(22-23-24)12-4-2-5-13(20)8-12/h2-8,10H,9,11,20H2,1H3,(H,21,25). The lowest BCUT2D eigenvalue weighted by molar-refractivity contribution is -0.122. The molecule has 0 bridgehead atoms. The molecule has 3 N–H and O–H groups in total. The number of nitrogens with two attached hydrogens (primary N) is 1. The fourth-order valence-corrected chi connectivity index (χ4v) is 2.73. The van der Waals surface area contributed by atoms with Crippen molar-refractivity contribution in [3.05, 3.63) is 59.2 Å². The largest absolute Gasteiger partial charge is 0.496 e. The number of carbonyl (C=O) groups excluding carboxylic acids is 1. The third kappa shape index (κ3) is 4.12. The Hall–Kier alpha value is -3.06. The first-order chi connectivity index (χ1) is 12.6. The van der Waals surface area contributed by atoms with Crippen molar-refractivity contribution in [3.8, 4) is 17.0 Å². The predicted molar refractivity (Wildman–Crippen MR) is 99.7 cm³/mol. The number of methoxy groups -OCH3 is 1.